The Morgan fingerprint density at radius 1 is 1.38 bits per heavy atom. The number of hydrogen-bond acceptors (Lipinski definition) is 3. The van der Waals surface area contributed by atoms with E-state index in [1.165, 1.54) is 6.07 Å². The third-order valence-corrected chi connectivity index (χ3v) is 4.94. The van der Waals surface area contributed by atoms with E-state index in [-0.39, 0.29) is 17.9 Å². The summed E-state index contributed by atoms with van der Waals surface area (Å²) in [6, 6.07) is 11.0. The van der Waals surface area contributed by atoms with Crippen molar-refractivity contribution in [2.24, 2.45) is 0 Å². The molecule has 5 heteroatoms. The van der Waals surface area contributed by atoms with Gasteiger partial charge in [0, 0.05) is 24.8 Å². The minimum atomic E-state index is -0.471. The highest BCUT2D eigenvalue weighted by molar-refractivity contribution is 5.94. The van der Waals surface area contributed by atoms with Gasteiger partial charge in [0.25, 0.3) is 5.91 Å². The molecule has 0 spiro atoms. The largest absolute Gasteiger partial charge is 0.375 e. The number of rotatable bonds is 5. The van der Waals surface area contributed by atoms with Crippen LogP contribution in [0.15, 0.2) is 42.6 Å². The molecule has 2 heterocycles. The second-order valence-corrected chi connectivity index (χ2v) is 6.85. The number of hydrogen-bond donors (Lipinski definition) is 0. The molecule has 26 heavy (non-hydrogen) atoms. The normalized spacial score (nSPS) is 18.6. The van der Waals surface area contributed by atoms with Crippen LogP contribution in [0.25, 0.3) is 0 Å². The summed E-state index contributed by atoms with van der Waals surface area (Å²) in [5.74, 6) is -0.225. The molecule has 2 unspecified atom stereocenters. The van der Waals surface area contributed by atoms with E-state index in [9.17, 15) is 9.18 Å². The van der Waals surface area contributed by atoms with Gasteiger partial charge in [-0.25, -0.2) is 4.98 Å². The maximum absolute atomic E-state index is 13.0. The Bertz CT molecular complexity index is 748. The minimum absolute atomic E-state index is 0.0258. The SMILES string of the molecule is CCc1cccc(C(=O)N2CCOC(CC(C)c3ccc(F)nc3)C2)c1. The first kappa shape index (κ1) is 18.5. The van der Waals surface area contributed by atoms with Gasteiger partial charge in [-0.2, -0.15) is 4.39 Å². The molecule has 0 N–H and O–H groups in total. The molecule has 138 valence electrons. The molecule has 1 fully saturated rings. The van der Waals surface area contributed by atoms with Gasteiger partial charge < -0.3 is 9.64 Å². The summed E-state index contributed by atoms with van der Waals surface area (Å²) in [7, 11) is 0. The van der Waals surface area contributed by atoms with Crippen LogP contribution < -0.4 is 0 Å². The number of ether oxygens (including phenoxy) is 1. The molecule has 2 aromatic rings. The molecule has 1 aliphatic heterocycles. The van der Waals surface area contributed by atoms with Crippen LogP contribution in [0, 0.1) is 5.95 Å². The highest BCUT2D eigenvalue weighted by Crippen LogP contribution is 2.24. The third kappa shape index (κ3) is 4.47. The van der Waals surface area contributed by atoms with Crippen molar-refractivity contribution in [2.75, 3.05) is 19.7 Å². The topological polar surface area (TPSA) is 42.4 Å². The number of aryl methyl sites for hydroxylation is 1. The summed E-state index contributed by atoms with van der Waals surface area (Å²) in [5.41, 5.74) is 2.88. The average Bonchev–Trinajstić information content (AvgIpc) is 2.68. The van der Waals surface area contributed by atoms with Crippen LogP contribution in [0.4, 0.5) is 4.39 Å². The standard InChI is InChI=1S/C21H25FN2O2/c1-3-16-5-4-6-17(12-16)21(25)24-9-10-26-19(14-24)11-15(2)18-7-8-20(22)23-13-18/h4-8,12-13,15,19H,3,9-11,14H2,1-2H3. The number of morpholine rings is 1. The van der Waals surface area contributed by atoms with E-state index in [0.29, 0.717) is 19.7 Å². The Balaban J connectivity index is 1.63. The number of carbonyl (C=O) groups is 1. The molecule has 1 amide bonds. The van der Waals surface area contributed by atoms with Crippen molar-refractivity contribution >= 4 is 5.91 Å². The Kier molecular flexibility index (Phi) is 5.99. The average molecular weight is 356 g/mol. The van der Waals surface area contributed by atoms with Crippen molar-refractivity contribution in [3.05, 3.63) is 65.2 Å². The predicted octanol–water partition coefficient (Wildman–Crippen LogP) is 3.82. The zero-order valence-electron chi connectivity index (χ0n) is 15.3. The van der Waals surface area contributed by atoms with Gasteiger partial charge >= 0.3 is 0 Å². The summed E-state index contributed by atoms with van der Waals surface area (Å²) in [4.78, 5) is 18.4. The first-order chi connectivity index (χ1) is 12.6. The van der Waals surface area contributed by atoms with E-state index in [1.54, 1.807) is 12.3 Å². The van der Waals surface area contributed by atoms with Crippen molar-refractivity contribution in [1.82, 2.24) is 9.88 Å². The fourth-order valence-electron chi connectivity index (χ4n) is 3.36. The third-order valence-electron chi connectivity index (χ3n) is 4.94. The predicted molar refractivity (Wildman–Crippen MR) is 98.7 cm³/mol. The molecule has 2 atom stereocenters. The highest BCUT2D eigenvalue weighted by atomic mass is 19.1. The zero-order valence-corrected chi connectivity index (χ0v) is 15.3. The minimum Gasteiger partial charge on any atom is -0.375 e. The van der Waals surface area contributed by atoms with E-state index in [4.69, 9.17) is 4.74 Å². The van der Waals surface area contributed by atoms with Crippen molar-refractivity contribution in [3.8, 4) is 0 Å². The van der Waals surface area contributed by atoms with Gasteiger partial charge in [-0.05, 0) is 48.1 Å². The van der Waals surface area contributed by atoms with Crippen molar-refractivity contribution in [3.63, 3.8) is 0 Å². The lowest BCUT2D eigenvalue weighted by atomic mass is 9.95. The second kappa shape index (κ2) is 8.41. The van der Waals surface area contributed by atoms with Gasteiger partial charge in [-0.3, -0.25) is 4.79 Å². The van der Waals surface area contributed by atoms with Gasteiger partial charge in [-0.15, -0.1) is 0 Å². The lowest BCUT2D eigenvalue weighted by Crippen LogP contribution is -2.46. The summed E-state index contributed by atoms with van der Waals surface area (Å²) < 4.78 is 18.9. The first-order valence-corrected chi connectivity index (χ1v) is 9.18. The molecule has 0 radical (unpaired) electrons. The maximum atomic E-state index is 13.0. The van der Waals surface area contributed by atoms with Crippen LogP contribution in [0.1, 0.15) is 47.7 Å². The maximum Gasteiger partial charge on any atom is 0.254 e. The molecule has 1 aromatic heterocycles. The summed E-state index contributed by atoms with van der Waals surface area (Å²) in [5, 5.41) is 0. The quantitative estimate of drug-likeness (QED) is 0.765. The Morgan fingerprint density at radius 3 is 2.96 bits per heavy atom. The molecule has 3 rings (SSSR count). The second-order valence-electron chi connectivity index (χ2n) is 6.85. The van der Waals surface area contributed by atoms with Crippen molar-refractivity contribution in [2.45, 2.75) is 38.7 Å². The fraction of sp³-hybridized carbons (Fsp3) is 0.429. The van der Waals surface area contributed by atoms with Crippen LogP contribution in [0.3, 0.4) is 0 Å². The number of benzene rings is 1. The molecule has 0 aliphatic carbocycles. The number of halogens is 1. The smallest absolute Gasteiger partial charge is 0.254 e. The lowest BCUT2D eigenvalue weighted by Gasteiger charge is -2.34. The molecular weight excluding hydrogens is 331 g/mol. The Morgan fingerprint density at radius 2 is 2.23 bits per heavy atom. The Hall–Kier alpha value is -2.27. The van der Waals surface area contributed by atoms with Crippen molar-refractivity contribution in [1.29, 1.82) is 0 Å². The fourth-order valence-corrected chi connectivity index (χ4v) is 3.36. The van der Waals surface area contributed by atoms with Gasteiger partial charge in [0.1, 0.15) is 0 Å². The van der Waals surface area contributed by atoms with Gasteiger partial charge in [0.05, 0.1) is 12.7 Å². The first-order valence-electron chi connectivity index (χ1n) is 9.18. The molecule has 1 saturated heterocycles. The molecule has 1 aromatic carbocycles. The van der Waals surface area contributed by atoms with Gasteiger partial charge in [-0.1, -0.05) is 32.0 Å². The number of amides is 1. The van der Waals surface area contributed by atoms with Crippen LogP contribution in [0.5, 0.6) is 0 Å². The highest BCUT2D eigenvalue weighted by Gasteiger charge is 2.26. The number of pyridine rings is 1. The number of nitrogens with zero attached hydrogens (tertiary/aromatic N) is 2. The van der Waals surface area contributed by atoms with E-state index >= 15 is 0 Å². The van der Waals surface area contributed by atoms with Gasteiger partial charge in [0.15, 0.2) is 0 Å². The molecule has 1 aliphatic rings. The van der Waals surface area contributed by atoms with Crippen LogP contribution in [-0.4, -0.2) is 41.6 Å². The summed E-state index contributed by atoms with van der Waals surface area (Å²) in [6.45, 7) is 5.88. The van der Waals surface area contributed by atoms with E-state index in [1.807, 2.05) is 29.2 Å². The molecule has 4 nitrogen and oxygen atoms in total. The van der Waals surface area contributed by atoms with E-state index < -0.39 is 5.95 Å². The van der Waals surface area contributed by atoms with Crippen molar-refractivity contribution < 1.29 is 13.9 Å². The van der Waals surface area contributed by atoms with E-state index in [2.05, 4.69) is 18.8 Å². The molecule has 0 saturated carbocycles. The van der Waals surface area contributed by atoms with Crippen LogP contribution >= 0.6 is 0 Å². The summed E-state index contributed by atoms with van der Waals surface area (Å²) in [6.07, 6.45) is 3.23. The van der Waals surface area contributed by atoms with E-state index in [0.717, 1.165) is 29.5 Å². The molecular formula is C21H25FN2O2. The van der Waals surface area contributed by atoms with Crippen LogP contribution in [-0.2, 0) is 11.2 Å². The lowest BCUT2D eigenvalue weighted by molar-refractivity contribution is -0.0271. The molecule has 0 bridgehead atoms. The Labute approximate surface area is 154 Å². The van der Waals surface area contributed by atoms with Crippen LogP contribution in [0.2, 0.25) is 0 Å². The number of carbonyl (C=O) groups excluding carboxylic acids is 1. The summed E-state index contributed by atoms with van der Waals surface area (Å²) >= 11 is 0. The zero-order chi connectivity index (χ0) is 18.5. The number of aromatic nitrogens is 1. The van der Waals surface area contributed by atoms with Gasteiger partial charge in [0.2, 0.25) is 5.95 Å². The monoisotopic (exact) mass is 356 g/mol.